The Kier molecular flexibility index (Phi) is 3.57. The van der Waals surface area contributed by atoms with E-state index in [4.69, 9.17) is 9.47 Å². The van der Waals surface area contributed by atoms with E-state index in [0.717, 1.165) is 11.1 Å². The molecule has 1 heterocycles. The van der Waals surface area contributed by atoms with Gasteiger partial charge in [0, 0.05) is 18.8 Å². The first kappa shape index (κ1) is 12.9. The average Bonchev–Trinajstić information content (AvgIpc) is 2.39. The number of methoxy groups -OCH3 is 1. The van der Waals surface area contributed by atoms with Crippen molar-refractivity contribution in [2.75, 3.05) is 20.3 Å². The zero-order valence-corrected chi connectivity index (χ0v) is 10.7. The summed E-state index contributed by atoms with van der Waals surface area (Å²) in [5, 5.41) is 9.64. The molecule has 0 amide bonds. The molecule has 0 aromatic heterocycles. The lowest BCUT2D eigenvalue weighted by Crippen LogP contribution is -2.41. The first-order valence-electron chi connectivity index (χ1n) is 6.06. The number of rotatable bonds is 3. The van der Waals surface area contributed by atoms with Crippen LogP contribution in [0.4, 0.5) is 0 Å². The van der Waals surface area contributed by atoms with Crippen molar-refractivity contribution in [1.29, 1.82) is 0 Å². The third-order valence-corrected chi connectivity index (χ3v) is 3.63. The van der Waals surface area contributed by atoms with Crippen LogP contribution in [0.1, 0.15) is 24.0 Å². The normalized spacial score (nSPS) is 18.3. The number of benzene rings is 1. The van der Waals surface area contributed by atoms with Crippen LogP contribution in [0.2, 0.25) is 0 Å². The summed E-state index contributed by atoms with van der Waals surface area (Å²) in [4.78, 5) is 11.7. The molecule has 1 N–H and O–H groups in total. The Labute approximate surface area is 107 Å². The summed E-state index contributed by atoms with van der Waals surface area (Å²) in [7, 11) is 1.57. The van der Waals surface area contributed by atoms with Crippen LogP contribution >= 0.6 is 0 Å². The molecule has 4 heteroatoms. The molecule has 0 saturated carbocycles. The molecule has 0 spiro atoms. The topological polar surface area (TPSA) is 55.8 Å². The van der Waals surface area contributed by atoms with Crippen molar-refractivity contribution in [2.45, 2.75) is 25.2 Å². The van der Waals surface area contributed by atoms with Gasteiger partial charge in [-0.25, -0.2) is 0 Å². The molecule has 2 rings (SSSR count). The van der Waals surface area contributed by atoms with Crippen molar-refractivity contribution in [2.24, 2.45) is 0 Å². The molecular weight excluding hydrogens is 232 g/mol. The van der Waals surface area contributed by atoms with E-state index in [1.54, 1.807) is 7.11 Å². The quantitative estimate of drug-likeness (QED) is 0.893. The maximum atomic E-state index is 11.7. The number of hydrogen-bond donors (Lipinski definition) is 1. The van der Waals surface area contributed by atoms with Gasteiger partial charge in [0.05, 0.1) is 7.11 Å². The van der Waals surface area contributed by atoms with Crippen LogP contribution in [0.5, 0.6) is 5.75 Å². The molecule has 1 aliphatic heterocycles. The fourth-order valence-corrected chi connectivity index (χ4v) is 2.51. The van der Waals surface area contributed by atoms with E-state index in [2.05, 4.69) is 0 Å². The van der Waals surface area contributed by atoms with Gasteiger partial charge in [-0.15, -0.1) is 0 Å². The predicted molar refractivity (Wildman–Crippen MR) is 67.1 cm³/mol. The molecule has 18 heavy (non-hydrogen) atoms. The van der Waals surface area contributed by atoms with Gasteiger partial charge in [-0.2, -0.15) is 0 Å². The van der Waals surface area contributed by atoms with Gasteiger partial charge in [0.2, 0.25) is 0 Å². The van der Waals surface area contributed by atoms with E-state index in [-0.39, 0.29) is 0 Å². The number of aliphatic carboxylic acids is 1. The monoisotopic (exact) mass is 250 g/mol. The van der Waals surface area contributed by atoms with Crippen LogP contribution in [0.25, 0.3) is 0 Å². The van der Waals surface area contributed by atoms with Gasteiger partial charge >= 0.3 is 5.97 Å². The third-order valence-electron chi connectivity index (χ3n) is 3.63. The summed E-state index contributed by atoms with van der Waals surface area (Å²) in [6, 6.07) is 5.68. The molecule has 1 aromatic carbocycles. The zero-order chi connectivity index (χ0) is 13.2. The molecule has 98 valence electrons. The molecule has 0 unspecified atom stereocenters. The highest BCUT2D eigenvalue weighted by atomic mass is 16.5. The van der Waals surface area contributed by atoms with Gasteiger partial charge in [0.15, 0.2) is 0 Å². The van der Waals surface area contributed by atoms with Gasteiger partial charge in [-0.05, 0) is 25.8 Å². The molecule has 4 nitrogen and oxygen atoms in total. The minimum atomic E-state index is -0.879. The smallest absolute Gasteiger partial charge is 0.314 e. The van der Waals surface area contributed by atoms with E-state index in [0.29, 0.717) is 31.8 Å². The first-order chi connectivity index (χ1) is 8.60. The molecule has 1 saturated heterocycles. The van der Waals surface area contributed by atoms with E-state index in [1.165, 1.54) is 0 Å². The average molecular weight is 250 g/mol. The van der Waals surface area contributed by atoms with Crippen LogP contribution in [0.3, 0.4) is 0 Å². The molecular formula is C14H18O4. The van der Waals surface area contributed by atoms with Crippen LogP contribution in [-0.4, -0.2) is 31.4 Å². The molecule has 1 fully saturated rings. The molecule has 0 atom stereocenters. The second-order valence-corrected chi connectivity index (χ2v) is 4.70. The van der Waals surface area contributed by atoms with Gasteiger partial charge in [-0.1, -0.05) is 17.7 Å². The Morgan fingerprint density at radius 2 is 2.06 bits per heavy atom. The second kappa shape index (κ2) is 4.98. The van der Waals surface area contributed by atoms with Crippen LogP contribution < -0.4 is 4.74 Å². The third kappa shape index (κ3) is 2.08. The number of carbonyl (C=O) groups is 1. The predicted octanol–water partition coefficient (Wildman–Crippen LogP) is 2.14. The number of carboxylic acids is 1. The summed E-state index contributed by atoms with van der Waals surface area (Å²) in [6.45, 7) is 2.91. The lowest BCUT2D eigenvalue weighted by molar-refractivity contribution is -0.147. The van der Waals surface area contributed by atoms with E-state index >= 15 is 0 Å². The standard InChI is InChI=1S/C14H18O4/c1-10-3-4-12(17-2)11(9-10)14(13(15)16)5-7-18-8-6-14/h3-4,9H,5-8H2,1-2H3,(H,15,16). The highest BCUT2D eigenvalue weighted by molar-refractivity contribution is 5.82. The lowest BCUT2D eigenvalue weighted by atomic mass is 9.73. The molecule has 0 radical (unpaired) electrons. The maximum Gasteiger partial charge on any atom is 0.314 e. The summed E-state index contributed by atoms with van der Waals surface area (Å²) < 4.78 is 10.6. The van der Waals surface area contributed by atoms with Crippen molar-refractivity contribution in [1.82, 2.24) is 0 Å². The van der Waals surface area contributed by atoms with Gasteiger partial charge < -0.3 is 14.6 Å². The SMILES string of the molecule is COc1ccc(C)cc1C1(C(=O)O)CCOCC1. The summed E-state index contributed by atoms with van der Waals surface area (Å²) in [6.07, 6.45) is 0.976. The summed E-state index contributed by atoms with van der Waals surface area (Å²) >= 11 is 0. The van der Waals surface area contributed by atoms with Crippen molar-refractivity contribution in [3.8, 4) is 5.75 Å². The highest BCUT2D eigenvalue weighted by Gasteiger charge is 2.43. The van der Waals surface area contributed by atoms with Crippen molar-refractivity contribution >= 4 is 5.97 Å². The molecule has 0 aliphatic carbocycles. The van der Waals surface area contributed by atoms with Crippen molar-refractivity contribution in [3.05, 3.63) is 29.3 Å². The van der Waals surface area contributed by atoms with Crippen LogP contribution in [0.15, 0.2) is 18.2 Å². The van der Waals surface area contributed by atoms with Gasteiger partial charge in [0.25, 0.3) is 0 Å². The fraction of sp³-hybridized carbons (Fsp3) is 0.500. The summed E-state index contributed by atoms with van der Waals surface area (Å²) in [5.74, 6) is -0.153. The Balaban J connectivity index is 2.54. The van der Waals surface area contributed by atoms with E-state index in [1.807, 2.05) is 25.1 Å². The Morgan fingerprint density at radius 3 is 2.61 bits per heavy atom. The minimum absolute atomic E-state index is 0.476. The Hall–Kier alpha value is -1.55. The van der Waals surface area contributed by atoms with E-state index < -0.39 is 11.4 Å². The Bertz CT molecular complexity index is 447. The number of aryl methyl sites for hydroxylation is 1. The molecule has 0 bridgehead atoms. The summed E-state index contributed by atoms with van der Waals surface area (Å²) in [5.41, 5.74) is 0.925. The second-order valence-electron chi connectivity index (χ2n) is 4.70. The fourth-order valence-electron chi connectivity index (χ4n) is 2.51. The minimum Gasteiger partial charge on any atom is -0.496 e. The Morgan fingerprint density at radius 1 is 1.39 bits per heavy atom. The highest BCUT2D eigenvalue weighted by Crippen LogP contribution is 2.40. The van der Waals surface area contributed by atoms with Crippen LogP contribution in [0, 0.1) is 6.92 Å². The lowest BCUT2D eigenvalue weighted by Gasteiger charge is -2.34. The largest absolute Gasteiger partial charge is 0.496 e. The number of ether oxygens (including phenoxy) is 2. The van der Waals surface area contributed by atoms with Crippen molar-refractivity contribution in [3.63, 3.8) is 0 Å². The van der Waals surface area contributed by atoms with Crippen molar-refractivity contribution < 1.29 is 19.4 Å². The van der Waals surface area contributed by atoms with E-state index in [9.17, 15) is 9.90 Å². The van der Waals surface area contributed by atoms with Gasteiger partial charge in [0.1, 0.15) is 11.2 Å². The number of hydrogen-bond acceptors (Lipinski definition) is 3. The molecule has 1 aromatic rings. The van der Waals surface area contributed by atoms with Crippen LogP contribution in [-0.2, 0) is 14.9 Å². The number of carboxylic acid groups (broad SMARTS) is 1. The maximum absolute atomic E-state index is 11.7. The zero-order valence-electron chi connectivity index (χ0n) is 10.7. The first-order valence-corrected chi connectivity index (χ1v) is 6.06. The van der Waals surface area contributed by atoms with Gasteiger partial charge in [-0.3, -0.25) is 4.79 Å². The molecule has 1 aliphatic rings.